The summed E-state index contributed by atoms with van der Waals surface area (Å²) in [4.78, 5) is 2.17. The number of anilines is 1. The summed E-state index contributed by atoms with van der Waals surface area (Å²) in [5.74, 6) is 0. The van der Waals surface area contributed by atoms with Crippen LogP contribution in [0.1, 0.15) is 25.7 Å². The van der Waals surface area contributed by atoms with Crippen molar-refractivity contribution in [3.8, 4) is 0 Å². The Hall–Kier alpha value is -1.68. The monoisotopic (exact) mass is 257 g/mol. The second kappa shape index (κ2) is 5.13. The third-order valence-corrected chi connectivity index (χ3v) is 4.10. The maximum absolute atomic E-state index is 10.2. The molecule has 4 heteroatoms. The van der Waals surface area contributed by atoms with Gasteiger partial charge in [-0.25, -0.2) is 0 Å². The van der Waals surface area contributed by atoms with Crippen LogP contribution in [-0.4, -0.2) is 34.5 Å². The van der Waals surface area contributed by atoms with Gasteiger partial charge in [0, 0.05) is 12.4 Å². The molecular weight excluding hydrogens is 238 g/mol. The van der Waals surface area contributed by atoms with Crippen LogP contribution in [-0.2, 0) is 0 Å². The van der Waals surface area contributed by atoms with Gasteiger partial charge in [0.05, 0.1) is 29.5 Å². The second-order valence-electron chi connectivity index (χ2n) is 5.28. The highest BCUT2D eigenvalue weighted by atomic mass is 16.3. The first-order valence-electron chi connectivity index (χ1n) is 6.88. The molecule has 0 bridgehead atoms. The summed E-state index contributed by atoms with van der Waals surface area (Å²) < 4.78 is 0. The molecule has 0 radical (unpaired) electrons. The number of fused-ring (bicyclic) bond motifs is 1. The van der Waals surface area contributed by atoms with Gasteiger partial charge < -0.3 is 10.0 Å². The van der Waals surface area contributed by atoms with E-state index in [0.717, 1.165) is 35.9 Å². The number of likely N-dealkylation sites (N-methyl/N-ethyl adjacent to an activating group) is 1. The van der Waals surface area contributed by atoms with Gasteiger partial charge in [0.2, 0.25) is 0 Å². The van der Waals surface area contributed by atoms with E-state index in [1.54, 1.807) is 6.20 Å². The molecule has 1 aliphatic carbocycles. The molecule has 0 aliphatic heterocycles. The van der Waals surface area contributed by atoms with Gasteiger partial charge in [0.25, 0.3) is 0 Å². The Balaban J connectivity index is 1.99. The van der Waals surface area contributed by atoms with Crippen molar-refractivity contribution in [2.75, 3.05) is 11.9 Å². The molecule has 1 heterocycles. The normalized spacial score (nSPS) is 23.5. The van der Waals surface area contributed by atoms with E-state index in [0.29, 0.717) is 0 Å². The lowest BCUT2D eigenvalue weighted by atomic mass is 9.91. The summed E-state index contributed by atoms with van der Waals surface area (Å²) >= 11 is 0. The first-order valence-corrected chi connectivity index (χ1v) is 6.88. The van der Waals surface area contributed by atoms with Crippen LogP contribution in [0.15, 0.2) is 30.5 Å². The number of benzene rings is 1. The third kappa shape index (κ3) is 2.28. The molecular formula is C15H19N3O. The Labute approximate surface area is 113 Å². The average Bonchev–Trinajstić information content (AvgIpc) is 2.46. The van der Waals surface area contributed by atoms with Gasteiger partial charge in [-0.3, -0.25) is 0 Å². The Morgan fingerprint density at radius 1 is 1.21 bits per heavy atom. The lowest BCUT2D eigenvalue weighted by Crippen LogP contribution is -2.43. The molecule has 1 aromatic heterocycles. The van der Waals surface area contributed by atoms with Crippen molar-refractivity contribution in [3.63, 3.8) is 0 Å². The molecule has 19 heavy (non-hydrogen) atoms. The molecule has 3 rings (SSSR count). The van der Waals surface area contributed by atoms with Crippen LogP contribution >= 0.6 is 0 Å². The molecule has 0 spiro atoms. The number of hydrogen-bond donors (Lipinski definition) is 1. The first kappa shape index (κ1) is 12.4. The maximum Gasteiger partial charge on any atom is 0.0950 e. The van der Waals surface area contributed by atoms with E-state index in [1.165, 1.54) is 6.42 Å². The third-order valence-electron chi connectivity index (χ3n) is 4.10. The van der Waals surface area contributed by atoms with Crippen LogP contribution in [0.3, 0.4) is 0 Å². The molecule has 2 unspecified atom stereocenters. The van der Waals surface area contributed by atoms with Crippen molar-refractivity contribution in [2.45, 2.75) is 37.8 Å². The van der Waals surface area contributed by atoms with Crippen molar-refractivity contribution >= 4 is 16.6 Å². The molecule has 2 atom stereocenters. The van der Waals surface area contributed by atoms with Crippen LogP contribution < -0.4 is 4.90 Å². The molecule has 4 nitrogen and oxygen atoms in total. The van der Waals surface area contributed by atoms with E-state index in [1.807, 2.05) is 25.2 Å². The smallest absolute Gasteiger partial charge is 0.0950 e. The second-order valence-corrected chi connectivity index (χ2v) is 5.28. The number of aliphatic hydroxyl groups is 1. The van der Waals surface area contributed by atoms with Crippen molar-refractivity contribution in [3.05, 3.63) is 30.5 Å². The highest BCUT2D eigenvalue weighted by molar-refractivity contribution is 5.90. The fourth-order valence-corrected chi connectivity index (χ4v) is 3.00. The van der Waals surface area contributed by atoms with E-state index in [4.69, 9.17) is 0 Å². The van der Waals surface area contributed by atoms with E-state index < -0.39 is 0 Å². The molecule has 1 aromatic carbocycles. The van der Waals surface area contributed by atoms with Crippen LogP contribution in [0.4, 0.5) is 5.69 Å². The lowest BCUT2D eigenvalue weighted by Gasteiger charge is -2.36. The van der Waals surface area contributed by atoms with Gasteiger partial charge in [-0.05, 0) is 18.9 Å². The van der Waals surface area contributed by atoms with Crippen LogP contribution in [0, 0.1) is 0 Å². The summed E-state index contributed by atoms with van der Waals surface area (Å²) in [6.45, 7) is 0. The largest absolute Gasteiger partial charge is 0.391 e. The van der Waals surface area contributed by atoms with Crippen molar-refractivity contribution in [1.82, 2.24) is 10.2 Å². The highest BCUT2D eigenvalue weighted by Gasteiger charge is 2.27. The van der Waals surface area contributed by atoms with Crippen molar-refractivity contribution in [1.29, 1.82) is 0 Å². The van der Waals surface area contributed by atoms with Gasteiger partial charge in [0.1, 0.15) is 0 Å². The zero-order valence-corrected chi connectivity index (χ0v) is 11.2. The number of aliphatic hydroxyl groups excluding tert-OH is 1. The lowest BCUT2D eigenvalue weighted by molar-refractivity contribution is 0.106. The molecule has 1 N–H and O–H groups in total. The quantitative estimate of drug-likeness (QED) is 0.897. The molecule has 2 aromatic rings. The zero-order valence-electron chi connectivity index (χ0n) is 11.2. The molecule has 0 amide bonds. The fourth-order valence-electron chi connectivity index (χ4n) is 3.00. The van der Waals surface area contributed by atoms with Gasteiger partial charge in [-0.2, -0.15) is 10.2 Å². The van der Waals surface area contributed by atoms with E-state index in [9.17, 15) is 5.11 Å². The number of nitrogens with zero attached hydrogens (tertiary/aromatic N) is 3. The van der Waals surface area contributed by atoms with Crippen molar-refractivity contribution < 1.29 is 5.11 Å². The standard InChI is InChI=1S/C15H19N3O/c1-18(13-8-4-5-9-15(13)19)14-10-16-17-12-7-3-2-6-11(12)14/h2-3,6-7,10,13,15,19H,4-5,8-9H2,1H3. The Morgan fingerprint density at radius 2 is 2.00 bits per heavy atom. The van der Waals surface area contributed by atoms with Gasteiger partial charge in [-0.1, -0.05) is 31.0 Å². The van der Waals surface area contributed by atoms with E-state index >= 15 is 0 Å². The molecule has 100 valence electrons. The van der Waals surface area contributed by atoms with Crippen LogP contribution in [0.2, 0.25) is 0 Å². The predicted octanol–water partition coefficient (Wildman–Crippen LogP) is 2.37. The summed E-state index contributed by atoms with van der Waals surface area (Å²) in [5.41, 5.74) is 1.95. The summed E-state index contributed by atoms with van der Waals surface area (Å²) in [6.07, 6.45) is 5.79. The van der Waals surface area contributed by atoms with Gasteiger partial charge in [-0.15, -0.1) is 0 Å². The molecule has 1 saturated carbocycles. The zero-order chi connectivity index (χ0) is 13.2. The molecule has 0 saturated heterocycles. The Bertz CT molecular complexity index is 567. The fraction of sp³-hybridized carbons (Fsp3) is 0.467. The molecule has 1 aliphatic rings. The summed E-state index contributed by atoms with van der Waals surface area (Å²) in [5, 5.41) is 19.5. The minimum Gasteiger partial charge on any atom is -0.391 e. The number of hydrogen-bond acceptors (Lipinski definition) is 4. The minimum atomic E-state index is -0.245. The Kier molecular flexibility index (Phi) is 3.34. The van der Waals surface area contributed by atoms with Gasteiger partial charge >= 0.3 is 0 Å². The topological polar surface area (TPSA) is 49.2 Å². The SMILES string of the molecule is CN(c1cnnc2ccccc12)C1CCCCC1O. The summed E-state index contributed by atoms with van der Waals surface area (Å²) in [7, 11) is 2.04. The summed E-state index contributed by atoms with van der Waals surface area (Å²) in [6, 6.07) is 8.19. The molecule has 1 fully saturated rings. The first-order chi connectivity index (χ1) is 9.27. The minimum absolute atomic E-state index is 0.182. The van der Waals surface area contributed by atoms with Crippen molar-refractivity contribution in [2.24, 2.45) is 0 Å². The highest BCUT2D eigenvalue weighted by Crippen LogP contribution is 2.30. The van der Waals surface area contributed by atoms with Crippen LogP contribution in [0.5, 0.6) is 0 Å². The Morgan fingerprint density at radius 3 is 2.84 bits per heavy atom. The number of aromatic nitrogens is 2. The maximum atomic E-state index is 10.2. The van der Waals surface area contributed by atoms with Gasteiger partial charge in [0.15, 0.2) is 0 Å². The predicted molar refractivity (Wildman–Crippen MR) is 76.2 cm³/mol. The van der Waals surface area contributed by atoms with Crippen LogP contribution in [0.25, 0.3) is 10.9 Å². The van der Waals surface area contributed by atoms with E-state index in [-0.39, 0.29) is 12.1 Å². The number of rotatable bonds is 2. The average molecular weight is 257 g/mol. The van der Waals surface area contributed by atoms with E-state index in [2.05, 4.69) is 21.2 Å².